The number of aromatic amines is 1. The maximum absolute atomic E-state index is 11.3. The zero-order valence-electron chi connectivity index (χ0n) is 10.2. The summed E-state index contributed by atoms with van der Waals surface area (Å²) in [6.45, 7) is 0. The molecule has 2 N–H and O–H groups in total. The fourth-order valence-corrected chi connectivity index (χ4v) is 2.33. The Kier molecular flexibility index (Phi) is 2.89. The van der Waals surface area contributed by atoms with Gasteiger partial charge in [0.05, 0.1) is 5.69 Å². The van der Waals surface area contributed by atoms with E-state index in [-0.39, 0.29) is 0 Å². The summed E-state index contributed by atoms with van der Waals surface area (Å²) in [5, 5.41) is 11.3. The fourth-order valence-electron chi connectivity index (χ4n) is 2.33. The number of rotatable bonds is 3. The summed E-state index contributed by atoms with van der Waals surface area (Å²) in [5.41, 5.74) is 2.68. The van der Waals surface area contributed by atoms with Crippen LogP contribution in [0.25, 0.3) is 10.9 Å². The number of hydrogen-bond donors (Lipinski definition) is 2. The topological polar surface area (TPSA) is 53.1 Å². The van der Waals surface area contributed by atoms with Gasteiger partial charge in [0, 0.05) is 16.5 Å². The molecular formula is C16H13NO2. The van der Waals surface area contributed by atoms with Crippen LogP contribution in [0.3, 0.4) is 0 Å². The first-order valence-electron chi connectivity index (χ1n) is 6.10. The molecule has 0 radical (unpaired) electrons. The predicted molar refractivity (Wildman–Crippen MR) is 74.2 cm³/mol. The third-order valence-corrected chi connectivity index (χ3v) is 3.28. The molecule has 0 bridgehead atoms. The van der Waals surface area contributed by atoms with Crippen LogP contribution in [0.4, 0.5) is 0 Å². The molecule has 0 fully saturated rings. The van der Waals surface area contributed by atoms with Gasteiger partial charge in [0.25, 0.3) is 0 Å². The Bertz CT molecular complexity index is 716. The van der Waals surface area contributed by atoms with Gasteiger partial charge >= 0.3 is 0 Å². The molecule has 1 aromatic heterocycles. The van der Waals surface area contributed by atoms with Crippen molar-refractivity contribution >= 4 is 17.2 Å². The molecule has 1 heterocycles. The Morgan fingerprint density at radius 1 is 1.00 bits per heavy atom. The van der Waals surface area contributed by atoms with Crippen LogP contribution in [-0.2, 0) is 0 Å². The Morgan fingerprint density at radius 2 is 1.68 bits per heavy atom. The van der Waals surface area contributed by atoms with Crippen LogP contribution in [-0.4, -0.2) is 16.4 Å². The van der Waals surface area contributed by atoms with E-state index in [1.807, 2.05) is 54.6 Å². The molecule has 3 rings (SSSR count). The van der Waals surface area contributed by atoms with Crippen molar-refractivity contribution in [3.8, 4) is 0 Å². The van der Waals surface area contributed by atoms with Gasteiger partial charge in [-0.05, 0) is 11.6 Å². The maximum atomic E-state index is 11.3. The monoisotopic (exact) mass is 251 g/mol. The smallest absolute Gasteiger partial charge is 0.152 e. The van der Waals surface area contributed by atoms with Crippen LogP contribution in [0, 0.1) is 0 Å². The van der Waals surface area contributed by atoms with E-state index in [1.54, 1.807) is 0 Å². The second kappa shape index (κ2) is 4.71. The zero-order chi connectivity index (χ0) is 13.2. The van der Waals surface area contributed by atoms with Gasteiger partial charge in [-0.2, -0.15) is 0 Å². The number of aldehydes is 1. The molecule has 0 spiro atoms. The van der Waals surface area contributed by atoms with Crippen molar-refractivity contribution in [2.75, 3.05) is 0 Å². The lowest BCUT2D eigenvalue weighted by Crippen LogP contribution is -2.02. The number of aliphatic hydroxyl groups is 1. The molecule has 2 aromatic carbocycles. The highest BCUT2D eigenvalue weighted by Crippen LogP contribution is 2.28. The molecule has 0 amide bonds. The summed E-state index contributed by atoms with van der Waals surface area (Å²) in [4.78, 5) is 14.4. The highest BCUT2D eigenvalue weighted by molar-refractivity contribution is 5.99. The van der Waals surface area contributed by atoms with E-state index >= 15 is 0 Å². The number of hydrogen-bond acceptors (Lipinski definition) is 2. The lowest BCUT2D eigenvalue weighted by molar-refractivity contribution is 0.111. The third-order valence-electron chi connectivity index (χ3n) is 3.28. The Hall–Kier alpha value is -2.39. The van der Waals surface area contributed by atoms with Crippen molar-refractivity contribution < 1.29 is 9.90 Å². The SMILES string of the molecule is O=Cc1c(C(O)c2ccccc2)[nH]c2ccccc12. The van der Waals surface area contributed by atoms with E-state index in [0.29, 0.717) is 11.3 Å². The lowest BCUT2D eigenvalue weighted by Gasteiger charge is -2.10. The molecule has 3 nitrogen and oxygen atoms in total. The fraction of sp³-hybridized carbons (Fsp3) is 0.0625. The zero-order valence-corrected chi connectivity index (χ0v) is 10.2. The van der Waals surface area contributed by atoms with Crippen LogP contribution in [0.15, 0.2) is 54.6 Å². The average molecular weight is 251 g/mol. The lowest BCUT2D eigenvalue weighted by atomic mass is 10.0. The second-order valence-corrected chi connectivity index (χ2v) is 4.43. The van der Waals surface area contributed by atoms with Crippen molar-refractivity contribution in [2.24, 2.45) is 0 Å². The van der Waals surface area contributed by atoms with Gasteiger partial charge in [0.15, 0.2) is 6.29 Å². The number of carbonyl (C=O) groups is 1. The van der Waals surface area contributed by atoms with Gasteiger partial charge < -0.3 is 10.1 Å². The van der Waals surface area contributed by atoms with Gasteiger partial charge in [0.1, 0.15) is 6.10 Å². The molecule has 3 aromatic rings. The minimum atomic E-state index is -0.825. The summed E-state index contributed by atoms with van der Waals surface area (Å²) < 4.78 is 0. The van der Waals surface area contributed by atoms with Crippen LogP contribution in [0.1, 0.15) is 27.7 Å². The van der Waals surface area contributed by atoms with Crippen LogP contribution < -0.4 is 0 Å². The van der Waals surface area contributed by atoms with Crippen molar-refractivity contribution in [3.05, 3.63) is 71.4 Å². The van der Waals surface area contributed by atoms with Crippen molar-refractivity contribution in [1.82, 2.24) is 4.98 Å². The first-order valence-corrected chi connectivity index (χ1v) is 6.10. The van der Waals surface area contributed by atoms with Gasteiger partial charge in [0.2, 0.25) is 0 Å². The standard InChI is InChI=1S/C16H13NO2/c18-10-13-12-8-4-5-9-14(12)17-15(13)16(19)11-6-2-1-3-7-11/h1-10,16-17,19H. The average Bonchev–Trinajstić information content (AvgIpc) is 2.85. The summed E-state index contributed by atoms with van der Waals surface area (Å²) >= 11 is 0. The van der Waals surface area contributed by atoms with Crippen LogP contribution in [0.2, 0.25) is 0 Å². The minimum Gasteiger partial charge on any atom is -0.382 e. The summed E-state index contributed by atoms with van der Waals surface area (Å²) in [7, 11) is 0. The minimum absolute atomic E-state index is 0.520. The van der Waals surface area contributed by atoms with E-state index < -0.39 is 6.10 Å². The molecule has 1 atom stereocenters. The highest BCUT2D eigenvalue weighted by Gasteiger charge is 2.18. The molecule has 0 aliphatic rings. The van der Waals surface area contributed by atoms with Gasteiger partial charge in [-0.3, -0.25) is 4.79 Å². The van der Waals surface area contributed by atoms with E-state index in [2.05, 4.69) is 4.98 Å². The Labute approximate surface area is 110 Å². The first kappa shape index (κ1) is 11.7. The van der Waals surface area contributed by atoms with Crippen molar-refractivity contribution in [1.29, 1.82) is 0 Å². The highest BCUT2D eigenvalue weighted by atomic mass is 16.3. The molecule has 1 unspecified atom stereocenters. The van der Waals surface area contributed by atoms with Gasteiger partial charge in [-0.1, -0.05) is 48.5 Å². The van der Waals surface area contributed by atoms with Crippen LogP contribution in [0.5, 0.6) is 0 Å². The predicted octanol–water partition coefficient (Wildman–Crippen LogP) is 3.06. The number of nitrogens with one attached hydrogen (secondary N) is 1. The number of carbonyl (C=O) groups excluding carboxylic acids is 1. The van der Waals surface area contributed by atoms with Crippen molar-refractivity contribution in [2.45, 2.75) is 6.10 Å². The van der Waals surface area contributed by atoms with Gasteiger partial charge in [-0.25, -0.2) is 0 Å². The number of aromatic nitrogens is 1. The van der Waals surface area contributed by atoms with Crippen molar-refractivity contribution in [3.63, 3.8) is 0 Å². The van der Waals surface area contributed by atoms with Gasteiger partial charge in [-0.15, -0.1) is 0 Å². The number of aliphatic hydroxyl groups excluding tert-OH is 1. The molecular weight excluding hydrogens is 238 g/mol. The molecule has 0 aliphatic carbocycles. The molecule has 0 saturated heterocycles. The Morgan fingerprint density at radius 3 is 2.42 bits per heavy atom. The van der Waals surface area contributed by atoms with E-state index in [1.165, 1.54) is 0 Å². The Balaban J connectivity index is 2.17. The second-order valence-electron chi connectivity index (χ2n) is 4.43. The molecule has 94 valence electrons. The number of benzene rings is 2. The van der Waals surface area contributed by atoms with E-state index in [9.17, 15) is 9.90 Å². The molecule has 3 heteroatoms. The molecule has 0 saturated carbocycles. The number of para-hydroxylation sites is 1. The summed E-state index contributed by atoms with van der Waals surface area (Å²) in [6.07, 6.45) is -0.0332. The number of fused-ring (bicyclic) bond motifs is 1. The summed E-state index contributed by atoms with van der Waals surface area (Å²) in [6, 6.07) is 16.8. The summed E-state index contributed by atoms with van der Waals surface area (Å²) in [5.74, 6) is 0. The normalized spacial score (nSPS) is 12.5. The van der Waals surface area contributed by atoms with E-state index in [4.69, 9.17) is 0 Å². The number of H-pyrrole nitrogens is 1. The third kappa shape index (κ3) is 1.94. The van der Waals surface area contributed by atoms with Crippen LogP contribution >= 0.6 is 0 Å². The molecule has 0 aliphatic heterocycles. The largest absolute Gasteiger partial charge is 0.382 e. The maximum Gasteiger partial charge on any atom is 0.152 e. The quantitative estimate of drug-likeness (QED) is 0.703. The first-order chi connectivity index (χ1) is 9.31. The molecule has 19 heavy (non-hydrogen) atoms. The van der Waals surface area contributed by atoms with E-state index in [0.717, 1.165) is 22.8 Å².